The van der Waals surface area contributed by atoms with Gasteiger partial charge < -0.3 is 24.7 Å². The van der Waals surface area contributed by atoms with Crippen LogP contribution >= 0.6 is 0 Å². The fraction of sp³-hybridized carbons (Fsp3) is 0.500. The van der Waals surface area contributed by atoms with Crippen LogP contribution in [0, 0.1) is 5.82 Å². The zero-order valence-electron chi connectivity index (χ0n) is 16.7. The predicted molar refractivity (Wildman–Crippen MR) is 99.8 cm³/mol. The maximum atomic E-state index is 14.1. The van der Waals surface area contributed by atoms with Gasteiger partial charge >= 0.3 is 29.6 Å². The summed E-state index contributed by atoms with van der Waals surface area (Å²) in [5, 5.41) is 15.5. The van der Waals surface area contributed by atoms with Gasteiger partial charge in [0.05, 0.1) is 17.0 Å². The molecule has 2 aliphatic heterocycles. The standard InChI is InChI=1S/C20H24FN3O3.Na/c1-10-8-23(9-11(2)22-10)19-16(20(26)27)18(25)15-7-14(21)6-13-5-4-12(3)24(19)17(13)15;/h6-7,10-12,22H,4-5,8-9H2,1-3H3,(H,26,27);/q;+1/p-1. The van der Waals surface area contributed by atoms with Gasteiger partial charge in [0.2, 0.25) is 5.43 Å². The summed E-state index contributed by atoms with van der Waals surface area (Å²) >= 11 is 0. The second kappa shape index (κ2) is 7.78. The number of hydrogen-bond donors (Lipinski definition) is 1. The number of pyridine rings is 1. The third-order valence-electron chi connectivity index (χ3n) is 5.65. The number of carbonyl (C=O) groups excluding carboxylic acids is 1. The number of carboxylic acid groups (broad SMARTS) is 1. The number of hydrogen-bond acceptors (Lipinski definition) is 5. The van der Waals surface area contributed by atoms with Gasteiger partial charge in [0, 0.05) is 36.6 Å². The molecular weight excluding hydrogens is 372 g/mol. The van der Waals surface area contributed by atoms with Gasteiger partial charge in [-0.25, -0.2) is 4.39 Å². The first-order chi connectivity index (χ1) is 12.8. The topological polar surface area (TPSA) is 77.4 Å². The summed E-state index contributed by atoms with van der Waals surface area (Å²) < 4.78 is 16.0. The Morgan fingerprint density at radius 3 is 2.46 bits per heavy atom. The molecule has 0 aliphatic carbocycles. The number of carboxylic acids is 1. The summed E-state index contributed by atoms with van der Waals surface area (Å²) in [5.74, 6) is -1.63. The number of piperazine rings is 1. The normalized spacial score (nSPS) is 24.1. The van der Waals surface area contributed by atoms with Gasteiger partial charge in [-0.3, -0.25) is 4.79 Å². The van der Waals surface area contributed by atoms with Gasteiger partial charge in [-0.1, -0.05) is 0 Å². The molecular formula is C20H23FN3NaO3. The Bertz CT molecular complexity index is 997. The van der Waals surface area contributed by atoms with E-state index in [-0.39, 0.29) is 58.6 Å². The van der Waals surface area contributed by atoms with Gasteiger partial charge in [-0.2, -0.15) is 0 Å². The third kappa shape index (κ3) is 3.38. The smallest absolute Gasteiger partial charge is 0.545 e. The van der Waals surface area contributed by atoms with Gasteiger partial charge in [-0.15, -0.1) is 0 Å². The molecule has 3 atom stereocenters. The van der Waals surface area contributed by atoms with Crippen LogP contribution in [-0.2, 0) is 6.42 Å². The Labute approximate surface area is 185 Å². The number of nitrogens with one attached hydrogen (secondary N) is 1. The summed E-state index contributed by atoms with van der Waals surface area (Å²) in [6.07, 6.45) is 1.42. The van der Waals surface area contributed by atoms with Crippen LogP contribution in [0.25, 0.3) is 10.9 Å². The van der Waals surface area contributed by atoms with Crippen LogP contribution in [0.2, 0.25) is 0 Å². The number of nitrogens with zero attached hydrogens (tertiary/aromatic N) is 2. The van der Waals surface area contributed by atoms with Crippen molar-refractivity contribution in [3.05, 3.63) is 39.3 Å². The Morgan fingerprint density at radius 1 is 1.21 bits per heavy atom. The van der Waals surface area contributed by atoms with Crippen LogP contribution in [0.1, 0.15) is 49.2 Å². The first-order valence-corrected chi connectivity index (χ1v) is 9.41. The molecule has 2 aromatic rings. The maximum Gasteiger partial charge on any atom is 1.00 e. The largest absolute Gasteiger partial charge is 1.00 e. The van der Waals surface area contributed by atoms with E-state index in [4.69, 9.17) is 0 Å². The Hall–Kier alpha value is -1.41. The van der Waals surface area contributed by atoms with E-state index in [1.54, 1.807) is 0 Å². The minimum absolute atomic E-state index is 0. The van der Waals surface area contributed by atoms with Crippen molar-refractivity contribution in [3.63, 3.8) is 0 Å². The van der Waals surface area contributed by atoms with Crippen LogP contribution in [0.3, 0.4) is 0 Å². The van der Waals surface area contributed by atoms with Crippen LogP contribution in [0.15, 0.2) is 16.9 Å². The zero-order valence-corrected chi connectivity index (χ0v) is 18.7. The number of aromatic nitrogens is 1. The Kier molecular flexibility index (Phi) is 5.92. The molecule has 1 saturated heterocycles. The molecule has 3 heterocycles. The number of carbonyl (C=O) groups is 1. The Morgan fingerprint density at radius 2 is 1.86 bits per heavy atom. The average Bonchev–Trinajstić information content (AvgIpc) is 2.57. The van der Waals surface area contributed by atoms with Crippen molar-refractivity contribution in [3.8, 4) is 0 Å². The first-order valence-electron chi connectivity index (χ1n) is 9.41. The number of benzene rings is 1. The summed E-state index contributed by atoms with van der Waals surface area (Å²) in [4.78, 5) is 27.0. The molecule has 0 spiro atoms. The number of anilines is 1. The maximum absolute atomic E-state index is 14.1. The van der Waals surface area contributed by atoms with E-state index in [2.05, 4.69) is 5.32 Å². The summed E-state index contributed by atoms with van der Waals surface area (Å²) in [5.41, 5.74) is 0.376. The quantitative estimate of drug-likeness (QED) is 0.608. The third-order valence-corrected chi connectivity index (χ3v) is 5.65. The molecule has 4 rings (SSSR count). The molecule has 1 aromatic heterocycles. The number of aryl methyl sites for hydroxylation is 1. The molecule has 1 N–H and O–H groups in total. The molecule has 1 aromatic carbocycles. The van der Waals surface area contributed by atoms with Crippen LogP contribution < -0.4 is 50.3 Å². The summed E-state index contributed by atoms with van der Waals surface area (Å²) in [7, 11) is 0. The van der Waals surface area contributed by atoms with Crippen molar-refractivity contribution >= 4 is 22.7 Å². The molecule has 144 valence electrons. The summed E-state index contributed by atoms with van der Waals surface area (Å²) in [6, 6.07) is 2.90. The van der Waals surface area contributed by atoms with Crippen molar-refractivity contribution in [1.29, 1.82) is 0 Å². The van der Waals surface area contributed by atoms with Crippen LogP contribution in [0.5, 0.6) is 0 Å². The monoisotopic (exact) mass is 395 g/mol. The number of halogens is 1. The van der Waals surface area contributed by atoms with E-state index in [0.717, 1.165) is 18.1 Å². The molecule has 0 bridgehead atoms. The molecule has 0 amide bonds. The molecule has 0 saturated carbocycles. The van der Waals surface area contributed by atoms with E-state index in [0.29, 0.717) is 30.8 Å². The minimum atomic E-state index is -1.51. The second-order valence-corrected chi connectivity index (χ2v) is 7.91. The zero-order chi connectivity index (χ0) is 19.5. The summed E-state index contributed by atoms with van der Waals surface area (Å²) in [6.45, 7) is 7.23. The molecule has 0 radical (unpaired) electrons. The average molecular weight is 395 g/mol. The Balaban J connectivity index is 0.00000225. The fourth-order valence-electron chi connectivity index (χ4n) is 4.68. The molecule has 2 aliphatic rings. The van der Waals surface area contributed by atoms with E-state index in [9.17, 15) is 19.1 Å². The van der Waals surface area contributed by atoms with Gasteiger partial charge in [-0.05, 0) is 51.3 Å². The van der Waals surface area contributed by atoms with Crippen molar-refractivity contribution < 1.29 is 43.8 Å². The van der Waals surface area contributed by atoms with E-state index in [1.807, 2.05) is 30.2 Å². The van der Waals surface area contributed by atoms with Crippen LogP contribution in [0.4, 0.5) is 10.2 Å². The molecule has 3 unspecified atom stereocenters. The van der Waals surface area contributed by atoms with E-state index < -0.39 is 17.2 Å². The first kappa shape index (κ1) is 21.3. The van der Waals surface area contributed by atoms with Crippen LogP contribution in [-0.4, -0.2) is 35.7 Å². The van der Waals surface area contributed by atoms with Crippen molar-refractivity contribution in [2.45, 2.75) is 51.7 Å². The van der Waals surface area contributed by atoms with Crippen molar-refractivity contribution in [2.24, 2.45) is 0 Å². The predicted octanol–water partition coefficient (Wildman–Crippen LogP) is -1.80. The molecule has 1 fully saturated rings. The fourth-order valence-corrected chi connectivity index (χ4v) is 4.68. The van der Waals surface area contributed by atoms with E-state index in [1.165, 1.54) is 6.07 Å². The molecule has 6 nitrogen and oxygen atoms in total. The van der Waals surface area contributed by atoms with Gasteiger partial charge in [0.15, 0.2) is 0 Å². The van der Waals surface area contributed by atoms with E-state index >= 15 is 0 Å². The van der Waals surface area contributed by atoms with Gasteiger partial charge in [0.25, 0.3) is 0 Å². The number of aromatic carboxylic acids is 1. The van der Waals surface area contributed by atoms with Crippen molar-refractivity contribution in [2.75, 3.05) is 18.0 Å². The van der Waals surface area contributed by atoms with Crippen molar-refractivity contribution in [1.82, 2.24) is 9.88 Å². The molecule has 28 heavy (non-hydrogen) atoms. The number of rotatable bonds is 2. The van der Waals surface area contributed by atoms with Gasteiger partial charge in [0.1, 0.15) is 11.6 Å². The SMILES string of the molecule is CC1CN(c2c(C(=O)[O-])c(=O)c3cc(F)cc4c3n2C(C)CC4)CC(C)N1.[Na+]. The second-order valence-electron chi connectivity index (χ2n) is 7.91. The molecule has 8 heteroatoms. The minimum Gasteiger partial charge on any atom is -0.545 e.